The molecule has 0 unspecified atom stereocenters. The topological polar surface area (TPSA) is 98.2 Å². The zero-order valence-corrected chi connectivity index (χ0v) is 17.5. The highest BCUT2D eigenvalue weighted by molar-refractivity contribution is 6.30. The normalized spacial score (nSPS) is 14.7. The van der Waals surface area contributed by atoms with E-state index in [1.54, 1.807) is 18.3 Å². The lowest BCUT2D eigenvalue weighted by Gasteiger charge is -2.11. The van der Waals surface area contributed by atoms with Crippen molar-refractivity contribution >= 4 is 51.7 Å². The van der Waals surface area contributed by atoms with Crippen molar-refractivity contribution in [2.75, 3.05) is 5.73 Å². The number of aromatic nitrogens is 3. The molecule has 3 N–H and O–H groups in total. The summed E-state index contributed by atoms with van der Waals surface area (Å²) in [6.07, 6.45) is 5.84. The van der Waals surface area contributed by atoms with Crippen molar-refractivity contribution in [1.82, 2.24) is 20.0 Å². The Morgan fingerprint density at radius 3 is 2.61 bits per heavy atom. The second-order valence-corrected chi connectivity index (χ2v) is 8.15. The number of carbonyl (C=O) groups excluding carboxylic acids is 1. The quantitative estimate of drug-likeness (QED) is 0.467. The minimum Gasteiger partial charge on any atom is -0.383 e. The minimum atomic E-state index is -0.240. The third-order valence-electron chi connectivity index (χ3n) is 5.56. The van der Waals surface area contributed by atoms with Gasteiger partial charge in [-0.15, -0.1) is 0 Å². The summed E-state index contributed by atoms with van der Waals surface area (Å²) in [4.78, 5) is 22.6. The molecule has 2 aromatic carbocycles. The van der Waals surface area contributed by atoms with Crippen LogP contribution in [0.4, 0.5) is 5.82 Å². The van der Waals surface area contributed by atoms with E-state index in [4.69, 9.17) is 27.3 Å². The van der Waals surface area contributed by atoms with Gasteiger partial charge in [0.15, 0.2) is 5.65 Å². The second-order valence-electron chi connectivity index (χ2n) is 7.71. The van der Waals surface area contributed by atoms with E-state index in [2.05, 4.69) is 10.4 Å². The van der Waals surface area contributed by atoms with Crippen LogP contribution in [0.3, 0.4) is 0 Å². The van der Waals surface area contributed by atoms with Crippen molar-refractivity contribution in [1.29, 1.82) is 0 Å². The smallest absolute Gasteiger partial charge is 0.257 e. The number of rotatable bonds is 4. The number of hydrogen-bond acceptors (Lipinski definition) is 5. The van der Waals surface area contributed by atoms with Crippen LogP contribution in [0, 0.1) is 0 Å². The second kappa shape index (κ2) is 8.00. The lowest BCUT2D eigenvalue weighted by Crippen LogP contribution is -2.33. The fraction of sp³-hybridized carbons (Fsp3) is 0.217. The van der Waals surface area contributed by atoms with Gasteiger partial charge in [0.1, 0.15) is 16.9 Å². The summed E-state index contributed by atoms with van der Waals surface area (Å²) in [5.74, 6) is -0.0326. The third-order valence-corrected chi connectivity index (χ3v) is 5.80. The maximum atomic E-state index is 13.2. The molecule has 0 bridgehead atoms. The van der Waals surface area contributed by atoms with Crippen LogP contribution >= 0.6 is 11.6 Å². The predicted molar refractivity (Wildman–Crippen MR) is 124 cm³/mol. The van der Waals surface area contributed by atoms with Gasteiger partial charge >= 0.3 is 0 Å². The van der Waals surface area contributed by atoms with Gasteiger partial charge < -0.3 is 11.1 Å². The van der Waals surface area contributed by atoms with Crippen LogP contribution in [-0.2, 0) is 0 Å². The Balaban J connectivity index is 1.65. The van der Waals surface area contributed by atoms with Crippen LogP contribution < -0.4 is 11.1 Å². The number of fused-ring (bicyclic) bond motifs is 2. The fourth-order valence-corrected chi connectivity index (χ4v) is 4.23. The Morgan fingerprint density at radius 2 is 1.87 bits per heavy atom. The maximum Gasteiger partial charge on any atom is 0.257 e. The van der Waals surface area contributed by atoms with Crippen LogP contribution in [0.2, 0.25) is 5.02 Å². The number of halogens is 1. The summed E-state index contributed by atoms with van der Waals surface area (Å²) in [5.41, 5.74) is 9.82. The molecule has 4 aromatic rings. The largest absolute Gasteiger partial charge is 0.383 e. The van der Waals surface area contributed by atoms with Crippen molar-refractivity contribution in [2.45, 2.75) is 31.7 Å². The standard InChI is InChI=1S/C23H21ClN6O/c24-15-7-5-6-14(12-15)13-26-30-21(25)19(23(31)27-16-8-1-2-9-16)20-22(30)29-18-11-4-3-10-17(18)28-20/h3-7,10-13,16H,1-2,8-9,25H2,(H,27,31). The molecule has 156 valence electrons. The Hall–Kier alpha value is -3.45. The van der Waals surface area contributed by atoms with Gasteiger partial charge in [0.2, 0.25) is 0 Å². The van der Waals surface area contributed by atoms with E-state index in [1.165, 1.54) is 4.68 Å². The Bertz CT molecular complexity index is 1320. The number of amides is 1. The van der Waals surface area contributed by atoms with Gasteiger partial charge in [-0.1, -0.05) is 48.7 Å². The molecule has 5 rings (SSSR count). The Morgan fingerprint density at radius 1 is 1.13 bits per heavy atom. The van der Waals surface area contributed by atoms with Gasteiger partial charge in [0, 0.05) is 11.1 Å². The van der Waals surface area contributed by atoms with E-state index in [0.29, 0.717) is 32.8 Å². The molecule has 2 heterocycles. The average molecular weight is 433 g/mol. The van der Waals surface area contributed by atoms with Crippen LogP contribution in [0.1, 0.15) is 41.6 Å². The monoisotopic (exact) mass is 432 g/mol. The number of nitrogens with zero attached hydrogens (tertiary/aromatic N) is 4. The van der Waals surface area contributed by atoms with Gasteiger partial charge in [0.25, 0.3) is 5.91 Å². The van der Waals surface area contributed by atoms with E-state index in [-0.39, 0.29) is 17.8 Å². The summed E-state index contributed by atoms with van der Waals surface area (Å²) < 4.78 is 1.47. The summed E-state index contributed by atoms with van der Waals surface area (Å²) in [7, 11) is 0. The zero-order chi connectivity index (χ0) is 21.4. The molecule has 0 radical (unpaired) electrons. The number of carbonyl (C=O) groups is 1. The van der Waals surface area contributed by atoms with Crippen LogP contribution in [0.5, 0.6) is 0 Å². The summed E-state index contributed by atoms with van der Waals surface area (Å²) in [6, 6.07) is 15.0. The van der Waals surface area contributed by atoms with Crippen molar-refractivity contribution in [3.63, 3.8) is 0 Å². The van der Waals surface area contributed by atoms with Crippen LogP contribution in [0.15, 0.2) is 53.6 Å². The lowest BCUT2D eigenvalue weighted by molar-refractivity contribution is 0.0940. The van der Waals surface area contributed by atoms with E-state index >= 15 is 0 Å². The molecule has 0 spiro atoms. The molecule has 2 aromatic heterocycles. The summed E-state index contributed by atoms with van der Waals surface area (Å²) >= 11 is 6.08. The van der Waals surface area contributed by atoms with E-state index < -0.39 is 0 Å². The molecule has 7 nitrogen and oxygen atoms in total. The maximum absolute atomic E-state index is 13.2. The van der Waals surface area contributed by atoms with E-state index in [1.807, 2.05) is 36.4 Å². The molecule has 0 saturated heterocycles. The van der Waals surface area contributed by atoms with Crippen LogP contribution in [0.25, 0.3) is 22.2 Å². The van der Waals surface area contributed by atoms with Crippen molar-refractivity contribution < 1.29 is 4.79 Å². The van der Waals surface area contributed by atoms with Gasteiger partial charge in [-0.2, -0.15) is 9.78 Å². The highest BCUT2D eigenvalue weighted by atomic mass is 35.5. The number of hydrogen-bond donors (Lipinski definition) is 2. The summed E-state index contributed by atoms with van der Waals surface area (Å²) in [5, 5.41) is 8.22. The molecule has 0 aliphatic heterocycles. The van der Waals surface area contributed by atoms with Crippen LogP contribution in [-0.4, -0.2) is 32.8 Å². The Labute approximate surface area is 183 Å². The van der Waals surface area contributed by atoms with E-state index in [0.717, 1.165) is 31.2 Å². The van der Waals surface area contributed by atoms with Gasteiger partial charge in [-0.05, 0) is 42.7 Å². The molecule has 1 amide bonds. The number of anilines is 1. The highest BCUT2D eigenvalue weighted by Crippen LogP contribution is 2.28. The molecule has 1 fully saturated rings. The first-order chi connectivity index (χ1) is 15.1. The number of para-hydroxylation sites is 2. The van der Waals surface area contributed by atoms with Crippen molar-refractivity contribution in [3.8, 4) is 0 Å². The van der Waals surface area contributed by atoms with Gasteiger partial charge in [-0.25, -0.2) is 9.97 Å². The van der Waals surface area contributed by atoms with Crippen molar-refractivity contribution in [2.24, 2.45) is 5.10 Å². The zero-order valence-electron chi connectivity index (χ0n) is 16.8. The molecule has 8 heteroatoms. The van der Waals surface area contributed by atoms with Gasteiger partial charge in [-0.3, -0.25) is 4.79 Å². The predicted octanol–water partition coefficient (Wildman–Crippen LogP) is 4.37. The van der Waals surface area contributed by atoms with Gasteiger partial charge in [0.05, 0.1) is 17.2 Å². The first-order valence-corrected chi connectivity index (χ1v) is 10.7. The molecule has 0 atom stereocenters. The fourth-order valence-electron chi connectivity index (χ4n) is 4.03. The average Bonchev–Trinajstić information content (AvgIpc) is 3.36. The lowest BCUT2D eigenvalue weighted by atomic mass is 10.2. The number of benzene rings is 2. The molecule has 1 saturated carbocycles. The number of nitrogens with one attached hydrogen (secondary N) is 1. The minimum absolute atomic E-state index is 0.161. The SMILES string of the molecule is Nc1c(C(=O)NC2CCCC2)c2nc3ccccc3nc2n1N=Cc1cccc(Cl)c1. The molecular formula is C23H21ClN6O. The molecule has 31 heavy (non-hydrogen) atoms. The van der Waals surface area contributed by atoms with E-state index in [9.17, 15) is 4.79 Å². The summed E-state index contributed by atoms with van der Waals surface area (Å²) in [6.45, 7) is 0. The molecule has 1 aliphatic carbocycles. The number of nitrogen functional groups attached to an aromatic ring is 1. The number of nitrogens with two attached hydrogens (primary N) is 1. The first-order valence-electron chi connectivity index (χ1n) is 10.3. The van der Waals surface area contributed by atoms with Crippen molar-refractivity contribution in [3.05, 3.63) is 64.7 Å². The third kappa shape index (κ3) is 3.72. The highest BCUT2D eigenvalue weighted by Gasteiger charge is 2.26. The molecule has 1 aliphatic rings. The first kappa shape index (κ1) is 19.5. The Kier molecular flexibility index (Phi) is 5.03. The molecular weight excluding hydrogens is 412 g/mol.